The van der Waals surface area contributed by atoms with Gasteiger partial charge in [0.05, 0.1) is 43.7 Å². The summed E-state index contributed by atoms with van der Waals surface area (Å²) in [6.45, 7) is 0. The summed E-state index contributed by atoms with van der Waals surface area (Å²) in [5.74, 6) is -2.47. The average Bonchev–Trinajstić information content (AvgIpc) is 3.34. The van der Waals surface area contributed by atoms with E-state index in [-0.39, 0.29) is 32.4 Å². The lowest BCUT2D eigenvalue weighted by Crippen LogP contribution is -2.30. The highest BCUT2D eigenvalue weighted by atomic mass is 35.5. The van der Waals surface area contributed by atoms with Crippen LogP contribution in [0.4, 0.5) is 11.4 Å². The van der Waals surface area contributed by atoms with Crippen molar-refractivity contribution in [3.63, 3.8) is 0 Å². The highest BCUT2D eigenvalue weighted by Gasteiger charge is 2.51. The normalized spacial score (nSPS) is 24.5. The molecule has 0 aromatic heterocycles. The first-order valence-electron chi connectivity index (χ1n) is 12.4. The van der Waals surface area contributed by atoms with Crippen molar-refractivity contribution in [1.29, 1.82) is 0 Å². The number of amides is 4. The van der Waals surface area contributed by atoms with Gasteiger partial charge in [0, 0.05) is 0 Å². The van der Waals surface area contributed by atoms with E-state index < -0.39 is 43.0 Å². The lowest BCUT2D eigenvalue weighted by molar-refractivity contribution is -0.121. The number of carbonyl (C=O) groups excluding carboxylic acids is 4. The number of imide groups is 2. The number of allylic oxidation sites excluding steroid dienone is 4. The summed E-state index contributed by atoms with van der Waals surface area (Å²) in [6, 6.07) is 13.6. The summed E-state index contributed by atoms with van der Waals surface area (Å²) in [5, 5.41) is -2.36. The molecule has 2 aromatic carbocycles. The van der Waals surface area contributed by atoms with Crippen molar-refractivity contribution in [2.45, 2.75) is 25.8 Å². The quantitative estimate of drug-likeness (QED) is 0.242. The number of nitrogens with zero attached hydrogens (tertiary/aromatic N) is 2. The number of hydrogen-bond donors (Lipinski definition) is 0. The molecule has 0 radical (unpaired) electrons. The van der Waals surface area contributed by atoms with E-state index in [1.807, 2.05) is 0 Å². The van der Waals surface area contributed by atoms with Crippen LogP contribution in [0.3, 0.4) is 0 Å². The lowest BCUT2D eigenvalue weighted by atomic mass is 9.98. The van der Waals surface area contributed by atoms with Crippen molar-refractivity contribution in [2.75, 3.05) is 9.80 Å². The maximum atomic E-state index is 13.1. The Hall–Kier alpha value is -2.00. The monoisotopic (exact) mass is 734 g/mol. The zero-order valence-corrected chi connectivity index (χ0v) is 27.2. The summed E-state index contributed by atoms with van der Waals surface area (Å²) in [5.41, 5.74) is 2.33. The Kier molecular flexibility index (Phi) is 7.80. The third kappa shape index (κ3) is 4.95. The molecule has 43 heavy (non-hydrogen) atoms. The number of benzene rings is 2. The van der Waals surface area contributed by atoms with Gasteiger partial charge in [0.25, 0.3) is 23.6 Å². The Morgan fingerprint density at radius 1 is 0.558 bits per heavy atom. The lowest BCUT2D eigenvalue weighted by Gasteiger charge is -2.26. The van der Waals surface area contributed by atoms with Gasteiger partial charge in [-0.3, -0.25) is 19.2 Å². The Bertz CT molecular complexity index is 1640. The summed E-state index contributed by atoms with van der Waals surface area (Å²) in [7, 11) is 0. The smallest absolute Gasteiger partial charge is 0.267 e. The van der Waals surface area contributed by atoms with Gasteiger partial charge in [0.2, 0.25) is 0 Å². The predicted molar refractivity (Wildman–Crippen MR) is 171 cm³/mol. The highest BCUT2D eigenvalue weighted by molar-refractivity contribution is 6.59. The molecule has 6 nitrogen and oxygen atoms in total. The summed E-state index contributed by atoms with van der Waals surface area (Å²) >= 11 is 49.7. The molecule has 2 fully saturated rings. The molecule has 2 heterocycles. The van der Waals surface area contributed by atoms with Crippen LogP contribution in [-0.2, 0) is 25.6 Å². The molecule has 2 atom stereocenters. The largest absolute Gasteiger partial charge is 0.268 e. The summed E-state index contributed by atoms with van der Waals surface area (Å²) in [6.07, 6.45) is 2.95. The zero-order valence-electron chi connectivity index (χ0n) is 21.2. The predicted octanol–water partition coefficient (Wildman–Crippen LogP) is 7.45. The molecule has 0 spiro atoms. The van der Waals surface area contributed by atoms with Crippen molar-refractivity contribution < 1.29 is 19.2 Å². The van der Waals surface area contributed by atoms with E-state index in [1.165, 1.54) is 12.2 Å². The Balaban J connectivity index is 1.20. The molecular weight excluding hydrogens is 724 g/mol. The van der Waals surface area contributed by atoms with Gasteiger partial charge in [-0.1, -0.05) is 93.9 Å². The van der Waals surface area contributed by atoms with E-state index in [0.29, 0.717) is 17.8 Å². The zero-order chi connectivity index (χ0) is 31.2. The molecule has 0 saturated carbocycles. The SMILES string of the molecule is O=C1C2=CC(Cl)(Cl)C(Cl)C(Cl)=C2C(=O)N1c1ccc(Cc2ccc(N3C(=O)C4=CC(Cl)(Cl)C(Cl)C(Cl)=C4C3=O)cc2)cc1. The molecule has 6 rings (SSSR count). The first-order valence-corrected chi connectivity index (χ1v) is 15.5. The van der Waals surface area contributed by atoms with E-state index in [0.717, 1.165) is 20.9 Å². The van der Waals surface area contributed by atoms with Crippen molar-refractivity contribution in [3.8, 4) is 0 Å². The average molecular weight is 738 g/mol. The Morgan fingerprint density at radius 2 is 0.884 bits per heavy atom. The number of anilines is 2. The molecule has 2 unspecified atom stereocenters. The van der Waals surface area contributed by atoms with E-state index in [1.54, 1.807) is 48.5 Å². The standard InChI is InChI=1S/C29H14Cl8N2O4/c30-20-18-16(10-28(34,35)22(20)32)24(40)38(26(18)42)14-5-1-12(2-6-14)9-13-3-7-15(8-4-13)39-25(41)17-11-29(36,37)23(33)21(31)19(17)27(39)43/h1-8,10-11,22-23H,9H2. The number of fused-ring (bicyclic) bond motifs is 2. The number of rotatable bonds is 4. The van der Waals surface area contributed by atoms with Crippen molar-refractivity contribution >= 4 is 128 Å². The fraction of sp³-hybridized carbons (Fsp3) is 0.172. The highest BCUT2D eigenvalue weighted by Crippen LogP contribution is 2.49. The third-order valence-electron chi connectivity index (χ3n) is 7.31. The molecular formula is C29H14Cl8N2O4. The van der Waals surface area contributed by atoms with Crippen LogP contribution in [-0.4, -0.2) is 43.0 Å². The second kappa shape index (κ2) is 10.8. The summed E-state index contributed by atoms with van der Waals surface area (Å²) < 4.78 is -3.29. The summed E-state index contributed by atoms with van der Waals surface area (Å²) in [4.78, 5) is 54.4. The molecule has 220 valence electrons. The number of halogens is 8. The molecule has 2 aliphatic carbocycles. The molecule has 4 amide bonds. The Labute approximate surface area is 285 Å². The number of alkyl halides is 6. The second-order valence-electron chi connectivity index (χ2n) is 10.0. The van der Waals surface area contributed by atoms with Crippen molar-refractivity contribution in [2.24, 2.45) is 0 Å². The van der Waals surface area contributed by atoms with Gasteiger partial charge in [0.15, 0.2) is 8.67 Å². The van der Waals surface area contributed by atoms with Gasteiger partial charge >= 0.3 is 0 Å². The molecule has 0 bridgehead atoms. The van der Waals surface area contributed by atoms with Crippen LogP contribution < -0.4 is 9.80 Å². The van der Waals surface area contributed by atoms with Gasteiger partial charge < -0.3 is 0 Å². The number of carbonyl (C=O) groups is 4. The van der Waals surface area contributed by atoms with Crippen LogP contribution in [0.25, 0.3) is 0 Å². The van der Waals surface area contributed by atoms with Gasteiger partial charge in [0.1, 0.15) is 10.8 Å². The topological polar surface area (TPSA) is 74.8 Å². The van der Waals surface area contributed by atoms with E-state index in [9.17, 15) is 19.2 Å². The van der Waals surface area contributed by atoms with E-state index in [4.69, 9.17) is 92.8 Å². The van der Waals surface area contributed by atoms with Crippen molar-refractivity contribution in [3.05, 3.63) is 104 Å². The first-order chi connectivity index (χ1) is 20.1. The molecule has 2 saturated heterocycles. The molecule has 2 aromatic rings. The molecule has 4 aliphatic rings. The van der Waals surface area contributed by atoms with Crippen LogP contribution in [0, 0.1) is 0 Å². The van der Waals surface area contributed by atoms with Gasteiger partial charge in [-0.15, -0.1) is 23.2 Å². The van der Waals surface area contributed by atoms with Gasteiger partial charge in [-0.05, 0) is 54.0 Å². The van der Waals surface area contributed by atoms with Crippen molar-refractivity contribution in [1.82, 2.24) is 0 Å². The van der Waals surface area contributed by atoms with Gasteiger partial charge in [-0.2, -0.15) is 0 Å². The van der Waals surface area contributed by atoms with E-state index >= 15 is 0 Å². The Morgan fingerprint density at radius 3 is 1.21 bits per heavy atom. The van der Waals surface area contributed by atoms with Crippen LogP contribution in [0.2, 0.25) is 0 Å². The van der Waals surface area contributed by atoms with Crippen LogP contribution >= 0.6 is 92.8 Å². The molecule has 0 N–H and O–H groups in total. The minimum atomic E-state index is -1.65. The third-order valence-corrected chi connectivity index (χ3v) is 11.2. The van der Waals surface area contributed by atoms with E-state index in [2.05, 4.69) is 0 Å². The maximum absolute atomic E-state index is 13.1. The van der Waals surface area contributed by atoms with Crippen LogP contribution in [0.5, 0.6) is 0 Å². The minimum Gasteiger partial charge on any atom is -0.268 e. The number of hydrogen-bond acceptors (Lipinski definition) is 4. The molecule has 14 heteroatoms. The maximum Gasteiger partial charge on any atom is 0.267 e. The minimum absolute atomic E-state index is 0.00255. The fourth-order valence-electron chi connectivity index (χ4n) is 5.18. The second-order valence-corrected chi connectivity index (χ2v) is 14.6. The first kappa shape index (κ1) is 31.0. The fourth-order valence-corrected chi connectivity index (χ4v) is 7.33. The van der Waals surface area contributed by atoms with Gasteiger partial charge in [-0.25, -0.2) is 9.80 Å². The molecule has 2 aliphatic heterocycles. The van der Waals surface area contributed by atoms with Crippen LogP contribution in [0.15, 0.2) is 93.0 Å². The van der Waals surface area contributed by atoms with Crippen LogP contribution in [0.1, 0.15) is 11.1 Å².